The van der Waals surface area contributed by atoms with Gasteiger partial charge in [0.25, 0.3) is 0 Å². The number of Topliss-reactive ketones (excluding diaryl/α,β-unsaturated/α-hetero) is 3. The Morgan fingerprint density at radius 3 is 0.833 bits per heavy atom. The molecule has 4 aliphatic carbocycles. The number of alkyl halides is 12. The predicted octanol–water partition coefficient (Wildman–Crippen LogP) is 21.9. The summed E-state index contributed by atoms with van der Waals surface area (Å²) in [6.07, 6.45) is -4.83. The zero-order chi connectivity index (χ0) is 79.5. The molecular formula is C80H98F16O12. The number of fused-ring (bicyclic) bond motifs is 4. The Bertz CT molecular complexity index is 3350. The highest BCUT2D eigenvalue weighted by Gasteiger charge is 2.36. The van der Waals surface area contributed by atoms with Gasteiger partial charge in [0.2, 0.25) is 17.3 Å². The minimum absolute atomic E-state index is 0.00266. The highest BCUT2D eigenvalue weighted by atomic mass is 19.4. The van der Waals surface area contributed by atoms with Crippen LogP contribution in [0.15, 0.2) is 143 Å². The number of esters is 4. The molecule has 0 spiro atoms. The molecule has 5 rings (SSSR count). The molecule has 0 radical (unpaired) electrons. The Kier molecular flexibility index (Phi) is 39.1. The third-order valence-electron chi connectivity index (χ3n) is 18.8. The number of aliphatic hydroxyl groups is 1. The summed E-state index contributed by atoms with van der Waals surface area (Å²) >= 11 is 0. The smallest absolute Gasteiger partial charge is 0.389 e. The van der Waals surface area contributed by atoms with Crippen molar-refractivity contribution in [1.29, 1.82) is 0 Å². The van der Waals surface area contributed by atoms with Crippen molar-refractivity contribution in [2.24, 2.45) is 23.7 Å². The number of ketones is 3. The summed E-state index contributed by atoms with van der Waals surface area (Å²) in [5.74, 6) is -12.8. The molecule has 9 atom stereocenters. The molecule has 0 bridgehead atoms. The fourth-order valence-electron chi connectivity index (χ4n) is 13.1. The monoisotopic (exact) mass is 1550 g/mol. The highest BCUT2D eigenvalue weighted by Crippen LogP contribution is 2.38. The molecule has 3 unspecified atom stereocenters. The first-order valence-electron chi connectivity index (χ1n) is 37.3. The minimum Gasteiger partial charge on any atom is -0.462 e. The largest absolute Gasteiger partial charge is 0.462 e. The maximum absolute atomic E-state index is 15.0. The van der Waals surface area contributed by atoms with Crippen molar-refractivity contribution < 1.29 is 128 Å². The van der Waals surface area contributed by atoms with Gasteiger partial charge < -0.3 is 24.1 Å². The second-order valence-electron chi connectivity index (χ2n) is 27.8. The first-order valence-corrected chi connectivity index (χ1v) is 37.3. The lowest BCUT2D eigenvalue weighted by Gasteiger charge is -2.19. The normalized spacial score (nSPS) is 25.6. The molecule has 1 aliphatic heterocycles. The van der Waals surface area contributed by atoms with E-state index in [1.54, 1.807) is 48.6 Å². The highest BCUT2D eigenvalue weighted by molar-refractivity contribution is 6.11. The van der Waals surface area contributed by atoms with Gasteiger partial charge >= 0.3 is 48.6 Å². The topological polar surface area (TPSA) is 177 Å². The van der Waals surface area contributed by atoms with Crippen LogP contribution in [0.5, 0.6) is 0 Å². The quantitative estimate of drug-likeness (QED) is 0.0509. The van der Waals surface area contributed by atoms with Gasteiger partial charge in [-0.25, -0.2) is 17.6 Å². The fourth-order valence-corrected chi connectivity index (χ4v) is 13.1. The number of ether oxygens (including phenoxy) is 4. The molecule has 602 valence electrons. The standard InChI is InChI=1S/C80H98F16O12/c81-65-49-53-25-9-1-5-13-33-69(97)105-57(29-17-21-45-77(85,86)87)38-42-62-54(50-66(82)74(62)102)26-10-3-7-15-35-71(99)107-59(31-19-23-47-79(91,92)93)40-44-64-56(52-68(84)76(64)104)28-12-4-8-16-36-72(100)108-60(32-20-24-48-80(94,95)96)39-43-63-55(51-67(83)75(63)103)27-11-2-6-14-34-70(98)106-58(37-41-61(53)73(65)101)30-18-22-46-78(88,89)90/h1-4,9-12,41-44,49-60,73,101H,5-8,13-40,45-48H2/t53-,54?,55?,56-,57+,58-,59-,60+,73?/m0/s1. The molecule has 12 nitrogen and oxygen atoms in total. The molecular weight excluding hydrogens is 1460 g/mol. The number of hydrogen-bond donors (Lipinski definition) is 1. The van der Waals surface area contributed by atoms with Crippen LogP contribution in [-0.2, 0) is 52.5 Å². The van der Waals surface area contributed by atoms with E-state index in [-0.39, 0.29) is 228 Å². The summed E-state index contributed by atoms with van der Waals surface area (Å²) in [5, 5.41) is 10.8. The second-order valence-corrected chi connectivity index (χ2v) is 27.8. The lowest BCUT2D eigenvalue weighted by molar-refractivity contribution is -0.150. The number of cyclic esters (lactones) is 4. The van der Waals surface area contributed by atoms with Crippen LogP contribution < -0.4 is 0 Å². The van der Waals surface area contributed by atoms with Crippen LogP contribution in [-0.4, -0.2) is 102 Å². The van der Waals surface area contributed by atoms with Crippen molar-refractivity contribution >= 4 is 41.2 Å². The molecule has 1 heterocycles. The van der Waals surface area contributed by atoms with Crippen LogP contribution in [0.1, 0.15) is 231 Å². The second kappa shape index (κ2) is 46.3. The first-order chi connectivity index (χ1) is 51.0. The van der Waals surface area contributed by atoms with Crippen molar-refractivity contribution in [3.05, 3.63) is 143 Å². The van der Waals surface area contributed by atoms with Gasteiger partial charge in [-0.1, -0.05) is 72.9 Å². The summed E-state index contributed by atoms with van der Waals surface area (Å²) < 4.78 is 240. The molecule has 1 N–H and O–H groups in total. The number of allylic oxidation sites excluding steroid dienone is 18. The van der Waals surface area contributed by atoms with E-state index in [0.29, 0.717) is 0 Å². The summed E-state index contributed by atoms with van der Waals surface area (Å²) in [4.78, 5) is 91.9. The van der Waals surface area contributed by atoms with Gasteiger partial charge in [0.1, 0.15) is 36.3 Å². The molecule has 0 aromatic heterocycles. The van der Waals surface area contributed by atoms with Crippen molar-refractivity contribution in [3.63, 3.8) is 0 Å². The van der Waals surface area contributed by atoms with Gasteiger partial charge in [-0.3, -0.25) is 33.6 Å². The number of carbonyl (C=O) groups is 7. The Morgan fingerprint density at radius 2 is 0.574 bits per heavy atom. The number of rotatable bonds is 16. The van der Waals surface area contributed by atoms with Crippen molar-refractivity contribution in [2.75, 3.05) is 0 Å². The predicted molar refractivity (Wildman–Crippen MR) is 371 cm³/mol. The van der Waals surface area contributed by atoms with Crippen LogP contribution in [0.2, 0.25) is 0 Å². The van der Waals surface area contributed by atoms with Crippen molar-refractivity contribution in [1.82, 2.24) is 0 Å². The minimum atomic E-state index is -4.46. The van der Waals surface area contributed by atoms with Crippen molar-refractivity contribution in [2.45, 2.75) is 286 Å². The van der Waals surface area contributed by atoms with Crippen LogP contribution >= 0.6 is 0 Å². The summed E-state index contributed by atoms with van der Waals surface area (Å²) in [6, 6.07) is 0. The third kappa shape index (κ3) is 36.4. The van der Waals surface area contributed by atoms with E-state index in [1.165, 1.54) is 30.4 Å². The molecule has 108 heavy (non-hydrogen) atoms. The van der Waals surface area contributed by atoms with E-state index < -0.39 is 169 Å². The maximum atomic E-state index is 15.0. The summed E-state index contributed by atoms with van der Waals surface area (Å²) in [6.45, 7) is 0. The Balaban J connectivity index is 1.34. The fraction of sp³-hybridized carbons (Fsp3) is 0.613. The van der Waals surface area contributed by atoms with E-state index in [9.17, 15) is 105 Å². The van der Waals surface area contributed by atoms with E-state index in [0.717, 1.165) is 18.2 Å². The van der Waals surface area contributed by atoms with Crippen LogP contribution in [0, 0.1) is 23.7 Å². The number of halogens is 16. The first kappa shape index (κ1) is 91.2. The Hall–Kier alpha value is -7.39. The molecule has 0 saturated heterocycles. The van der Waals surface area contributed by atoms with Gasteiger partial charge in [0.05, 0.1) is 0 Å². The maximum Gasteiger partial charge on any atom is 0.389 e. The van der Waals surface area contributed by atoms with Crippen LogP contribution in [0.25, 0.3) is 0 Å². The Morgan fingerprint density at radius 1 is 0.324 bits per heavy atom. The van der Waals surface area contributed by atoms with Gasteiger partial charge in [-0.2, -0.15) is 52.7 Å². The van der Waals surface area contributed by atoms with Crippen LogP contribution in [0.3, 0.4) is 0 Å². The molecule has 0 fully saturated rings. The number of unbranched alkanes of at least 4 members (excludes halogenated alkanes) is 4. The Labute approximate surface area is 619 Å². The molecule has 0 aromatic carbocycles. The average molecular weight is 1560 g/mol. The van der Waals surface area contributed by atoms with E-state index in [2.05, 4.69) is 0 Å². The molecule has 0 amide bonds. The van der Waals surface area contributed by atoms with E-state index >= 15 is 4.39 Å². The molecule has 0 saturated carbocycles. The van der Waals surface area contributed by atoms with Gasteiger partial charge in [0, 0.05) is 117 Å². The molecule has 5 aliphatic rings. The van der Waals surface area contributed by atoms with Gasteiger partial charge in [-0.05, 0) is 184 Å². The van der Waals surface area contributed by atoms with E-state index in [1.807, 2.05) is 0 Å². The number of aliphatic hydroxyl groups excluding tert-OH is 1. The van der Waals surface area contributed by atoms with Gasteiger partial charge in [-0.15, -0.1) is 0 Å². The lowest BCUT2D eigenvalue weighted by Crippen LogP contribution is -2.19. The third-order valence-corrected chi connectivity index (χ3v) is 18.8. The SMILES string of the molecule is O=C1CCCC=CCC2C=C(F)C(=O)C2=CC[C@@H](CCCCC(F)(F)F)OC(=O)CCCC=CC[C@H]2C=C(F)C(O)C2=CC[C@H](CCCCC(F)(F)F)OC(=O)CCCC=CCC2C=C(F)C(=O)C2=CC[C@@H](CCCCC(F)(F)F)OC(=O)CCCC=CC[C@H]2C=C(F)C(=O)C2=CC[C@H](CCCCC(F)(F)F)O1. The lowest BCUT2D eigenvalue weighted by atomic mass is 9.95. The van der Waals surface area contributed by atoms with Gasteiger partial charge in [0.15, 0.2) is 17.5 Å². The summed E-state index contributed by atoms with van der Waals surface area (Å²) in [5.41, 5.74) is 0.256. The molecule has 28 heteroatoms. The van der Waals surface area contributed by atoms with E-state index in [4.69, 9.17) is 18.9 Å². The average Bonchev–Trinajstić information content (AvgIpc) is 1.71. The zero-order valence-corrected chi connectivity index (χ0v) is 60.4. The van der Waals surface area contributed by atoms with Crippen molar-refractivity contribution in [3.8, 4) is 0 Å². The summed E-state index contributed by atoms with van der Waals surface area (Å²) in [7, 11) is 0. The number of hydrogen-bond acceptors (Lipinski definition) is 12. The number of carbonyl (C=O) groups excluding carboxylic acids is 7. The van der Waals surface area contributed by atoms with Crippen LogP contribution in [0.4, 0.5) is 70.2 Å². The zero-order valence-electron chi connectivity index (χ0n) is 60.4. The molecule has 0 aromatic rings.